The zero-order valence-electron chi connectivity index (χ0n) is 10.6. The van der Waals surface area contributed by atoms with Crippen LogP contribution in [0.4, 0.5) is 0 Å². The second kappa shape index (κ2) is 4.32. The smallest absolute Gasteiger partial charge is 0.0813 e. The summed E-state index contributed by atoms with van der Waals surface area (Å²) in [4.78, 5) is 5.99. The summed E-state index contributed by atoms with van der Waals surface area (Å²) in [5.74, 6) is 0. The first-order chi connectivity index (χ1) is 7.48. The van der Waals surface area contributed by atoms with Gasteiger partial charge in [0, 0.05) is 7.05 Å². The molecule has 1 saturated heterocycles. The van der Waals surface area contributed by atoms with Crippen molar-refractivity contribution >= 4 is 8.07 Å². The Kier molecular flexibility index (Phi) is 3.19. The Labute approximate surface area is 99.2 Å². The molecule has 2 rings (SSSR count). The van der Waals surface area contributed by atoms with Crippen LogP contribution >= 0.6 is 0 Å². The molecule has 0 bridgehead atoms. The lowest BCUT2D eigenvalue weighted by Crippen LogP contribution is -2.38. The molecule has 0 unspecified atom stereocenters. The van der Waals surface area contributed by atoms with Crippen LogP contribution in [0.1, 0.15) is 18.0 Å². The third kappa shape index (κ3) is 2.37. The van der Waals surface area contributed by atoms with Crippen molar-refractivity contribution in [1.29, 1.82) is 0 Å². The lowest BCUT2D eigenvalue weighted by atomic mass is 10.1. The van der Waals surface area contributed by atoms with E-state index >= 15 is 0 Å². The second-order valence-electron chi connectivity index (χ2n) is 5.67. The molecule has 0 amide bonds. The Morgan fingerprint density at radius 3 is 2.31 bits per heavy atom. The summed E-state index contributed by atoms with van der Waals surface area (Å²) in [7, 11) is 0.849. The van der Waals surface area contributed by atoms with Gasteiger partial charge in [0.05, 0.1) is 19.8 Å². The molecule has 1 aliphatic heterocycles. The van der Waals surface area contributed by atoms with Crippen LogP contribution in [0.3, 0.4) is 0 Å². The quantitative estimate of drug-likeness (QED) is 0.730. The van der Waals surface area contributed by atoms with Crippen LogP contribution in [0.2, 0.25) is 19.6 Å². The fourth-order valence-electron chi connectivity index (χ4n) is 2.20. The molecule has 0 saturated carbocycles. The van der Waals surface area contributed by atoms with E-state index in [1.54, 1.807) is 0 Å². The summed E-state index contributed by atoms with van der Waals surface area (Å²) in [6.45, 7) is 7.12. The van der Waals surface area contributed by atoms with Crippen molar-refractivity contribution in [2.45, 2.75) is 37.8 Å². The van der Waals surface area contributed by atoms with Gasteiger partial charge in [-0.25, -0.2) is 0 Å². The second-order valence-corrected chi connectivity index (χ2v) is 11.0. The Hall–Kier alpha value is -0.643. The summed E-state index contributed by atoms with van der Waals surface area (Å²) >= 11 is 0. The maximum absolute atomic E-state index is 5.99. The highest BCUT2D eigenvalue weighted by molar-refractivity contribution is 6.77. The largest absolute Gasteiger partial charge is 0.299 e. The van der Waals surface area contributed by atoms with Gasteiger partial charge in [-0.2, -0.15) is 5.06 Å². The molecule has 16 heavy (non-hydrogen) atoms. The van der Waals surface area contributed by atoms with E-state index in [4.69, 9.17) is 4.84 Å². The van der Waals surface area contributed by atoms with Gasteiger partial charge in [0.25, 0.3) is 0 Å². The summed E-state index contributed by atoms with van der Waals surface area (Å²) in [6.07, 6.45) is 1.14. The van der Waals surface area contributed by atoms with E-state index in [0.29, 0.717) is 11.8 Å². The third-order valence-electron chi connectivity index (χ3n) is 3.32. The highest BCUT2D eigenvalue weighted by atomic mass is 28.3. The van der Waals surface area contributed by atoms with Gasteiger partial charge in [0.1, 0.15) is 0 Å². The van der Waals surface area contributed by atoms with E-state index in [1.807, 2.05) is 5.06 Å². The van der Waals surface area contributed by atoms with Gasteiger partial charge in [-0.05, 0) is 12.0 Å². The van der Waals surface area contributed by atoms with E-state index in [1.165, 1.54) is 5.56 Å². The first-order valence-corrected chi connectivity index (χ1v) is 9.51. The zero-order valence-corrected chi connectivity index (χ0v) is 11.6. The molecular formula is C13H21NOSi. The van der Waals surface area contributed by atoms with Crippen LogP contribution in [-0.2, 0) is 4.84 Å². The van der Waals surface area contributed by atoms with Crippen molar-refractivity contribution in [3.63, 3.8) is 0 Å². The van der Waals surface area contributed by atoms with Crippen LogP contribution in [0.25, 0.3) is 0 Å². The number of benzene rings is 1. The SMILES string of the molecule is CN1O[C@@H]([Si](C)(C)C)C[C@H]1c1ccccc1. The molecule has 0 aromatic heterocycles. The number of hydrogen-bond donors (Lipinski definition) is 0. The maximum Gasteiger partial charge on any atom is 0.0813 e. The molecule has 1 aliphatic rings. The Morgan fingerprint density at radius 2 is 1.81 bits per heavy atom. The van der Waals surface area contributed by atoms with Gasteiger partial charge in [0.2, 0.25) is 0 Å². The molecule has 0 radical (unpaired) electrons. The van der Waals surface area contributed by atoms with Crippen LogP contribution < -0.4 is 0 Å². The normalized spacial score (nSPS) is 27.2. The Bertz CT molecular complexity index is 347. The standard InChI is InChI=1S/C13H21NOSi/c1-14-12(11-8-6-5-7-9-11)10-13(15-14)16(2,3)4/h5-9,12-13H,10H2,1-4H3/t12-,13-/m0/s1. The number of nitrogens with zero attached hydrogens (tertiary/aromatic N) is 1. The molecule has 0 aliphatic carbocycles. The van der Waals surface area contributed by atoms with Crippen LogP contribution in [0.5, 0.6) is 0 Å². The highest BCUT2D eigenvalue weighted by Crippen LogP contribution is 2.36. The average molecular weight is 235 g/mol. The molecule has 1 fully saturated rings. The molecular weight excluding hydrogens is 214 g/mol. The predicted molar refractivity (Wildman–Crippen MR) is 69.8 cm³/mol. The lowest BCUT2D eigenvalue weighted by Gasteiger charge is -2.23. The fourth-order valence-corrected chi connectivity index (χ4v) is 3.61. The lowest BCUT2D eigenvalue weighted by molar-refractivity contribution is -0.125. The number of rotatable bonds is 2. The molecule has 0 N–H and O–H groups in total. The van der Waals surface area contributed by atoms with Gasteiger partial charge in [-0.1, -0.05) is 50.0 Å². The zero-order chi connectivity index (χ0) is 11.8. The van der Waals surface area contributed by atoms with Crippen molar-refractivity contribution in [2.24, 2.45) is 0 Å². The molecule has 1 heterocycles. The van der Waals surface area contributed by atoms with Gasteiger partial charge in [-0.3, -0.25) is 4.84 Å². The minimum Gasteiger partial charge on any atom is -0.299 e. The van der Waals surface area contributed by atoms with E-state index < -0.39 is 8.07 Å². The van der Waals surface area contributed by atoms with Crippen molar-refractivity contribution < 1.29 is 4.84 Å². The molecule has 1 aromatic rings. The summed E-state index contributed by atoms with van der Waals surface area (Å²) in [5, 5.41) is 2.04. The molecule has 3 heteroatoms. The summed E-state index contributed by atoms with van der Waals surface area (Å²) in [6, 6.07) is 11.1. The number of hydrogen-bond acceptors (Lipinski definition) is 2. The molecule has 2 atom stereocenters. The molecule has 88 valence electrons. The van der Waals surface area contributed by atoms with Crippen LogP contribution in [-0.4, -0.2) is 25.9 Å². The van der Waals surface area contributed by atoms with Crippen LogP contribution in [0, 0.1) is 0 Å². The van der Waals surface area contributed by atoms with Gasteiger partial charge in [0.15, 0.2) is 0 Å². The molecule has 2 nitrogen and oxygen atoms in total. The van der Waals surface area contributed by atoms with Crippen molar-refractivity contribution in [1.82, 2.24) is 5.06 Å². The fraction of sp³-hybridized carbons (Fsp3) is 0.538. The van der Waals surface area contributed by atoms with E-state index in [-0.39, 0.29) is 0 Å². The molecule has 1 aromatic carbocycles. The first-order valence-electron chi connectivity index (χ1n) is 5.93. The summed E-state index contributed by atoms with van der Waals surface area (Å²) in [5.41, 5.74) is 1.81. The first kappa shape index (κ1) is 11.8. The van der Waals surface area contributed by atoms with Crippen molar-refractivity contribution in [2.75, 3.05) is 7.05 Å². The van der Waals surface area contributed by atoms with Crippen molar-refractivity contribution in [3.8, 4) is 0 Å². The van der Waals surface area contributed by atoms with Gasteiger partial charge in [-0.15, -0.1) is 0 Å². The van der Waals surface area contributed by atoms with E-state index in [2.05, 4.69) is 57.0 Å². The van der Waals surface area contributed by atoms with E-state index in [9.17, 15) is 0 Å². The van der Waals surface area contributed by atoms with Gasteiger partial charge >= 0.3 is 0 Å². The molecule has 0 spiro atoms. The maximum atomic E-state index is 5.99. The summed E-state index contributed by atoms with van der Waals surface area (Å²) < 4.78 is 0. The average Bonchev–Trinajstić information content (AvgIpc) is 2.61. The number of hydroxylamine groups is 2. The highest BCUT2D eigenvalue weighted by Gasteiger charge is 2.39. The monoisotopic (exact) mass is 235 g/mol. The minimum atomic E-state index is -1.20. The van der Waals surface area contributed by atoms with Crippen LogP contribution in [0.15, 0.2) is 30.3 Å². The van der Waals surface area contributed by atoms with Crippen molar-refractivity contribution in [3.05, 3.63) is 35.9 Å². The van der Waals surface area contributed by atoms with E-state index in [0.717, 1.165) is 6.42 Å². The Balaban J connectivity index is 2.15. The van der Waals surface area contributed by atoms with Gasteiger partial charge < -0.3 is 0 Å². The minimum absolute atomic E-state index is 0.429. The predicted octanol–water partition coefficient (Wildman–Crippen LogP) is 3.24. The third-order valence-corrected chi connectivity index (χ3v) is 5.59. The topological polar surface area (TPSA) is 12.5 Å². The Morgan fingerprint density at radius 1 is 1.19 bits per heavy atom.